The van der Waals surface area contributed by atoms with E-state index in [1.54, 1.807) is 13.1 Å². The number of hydrogen-bond donors (Lipinski definition) is 2. The van der Waals surface area contributed by atoms with E-state index >= 15 is 0 Å². The van der Waals surface area contributed by atoms with Gasteiger partial charge in [0.05, 0.1) is 12.9 Å². The molecule has 0 aliphatic rings. The number of nitrogens with one attached hydrogen (secondary N) is 1. The number of aromatic amines is 1. The maximum absolute atomic E-state index is 11.7. The number of aromatic nitrogens is 1. The lowest BCUT2D eigenvalue weighted by Crippen LogP contribution is -2.06. The summed E-state index contributed by atoms with van der Waals surface area (Å²) in [6.07, 6.45) is 2.47. The molecule has 88 valence electrons. The molecule has 17 heavy (non-hydrogen) atoms. The Morgan fingerprint density at radius 3 is 2.94 bits per heavy atom. The third-order valence-corrected chi connectivity index (χ3v) is 2.50. The molecule has 1 aromatic heterocycles. The summed E-state index contributed by atoms with van der Waals surface area (Å²) in [5.41, 5.74) is 1.71. The average molecular weight is 231 g/mol. The summed E-state index contributed by atoms with van der Waals surface area (Å²) in [5.74, 6) is -0.528. The highest BCUT2D eigenvalue weighted by Crippen LogP contribution is 2.25. The van der Waals surface area contributed by atoms with E-state index in [9.17, 15) is 9.90 Å². The highest BCUT2D eigenvalue weighted by Gasteiger charge is 2.16. The lowest BCUT2D eigenvalue weighted by Gasteiger charge is -2.04. The summed E-state index contributed by atoms with van der Waals surface area (Å²) in [6.45, 7) is 2.00. The number of carbonyl (C=O) groups is 1. The number of aliphatic hydroxyl groups excluding tert-OH is 1. The van der Waals surface area contributed by atoms with Crippen molar-refractivity contribution >= 4 is 22.4 Å². The van der Waals surface area contributed by atoms with Crippen molar-refractivity contribution in [2.24, 2.45) is 0 Å². The van der Waals surface area contributed by atoms with Crippen LogP contribution in [0.5, 0.6) is 0 Å². The zero-order valence-electron chi connectivity index (χ0n) is 9.43. The third kappa shape index (κ3) is 2.01. The van der Waals surface area contributed by atoms with E-state index in [-0.39, 0.29) is 12.2 Å². The number of fused-ring (bicyclic) bond motifs is 1. The summed E-state index contributed by atoms with van der Waals surface area (Å²) in [4.78, 5) is 14.7. The molecule has 1 aromatic carbocycles. The number of aliphatic hydroxyl groups is 1. The highest BCUT2D eigenvalue weighted by atomic mass is 16.5. The molecular formula is C13H13NO3. The van der Waals surface area contributed by atoms with Gasteiger partial charge in [-0.05, 0) is 13.0 Å². The van der Waals surface area contributed by atoms with Crippen LogP contribution < -0.4 is 0 Å². The minimum atomic E-state index is -0.528. The predicted octanol–water partition coefficient (Wildman–Crippen LogP) is 2.63. The lowest BCUT2D eigenvalue weighted by atomic mass is 10.1. The van der Waals surface area contributed by atoms with Crippen molar-refractivity contribution in [3.8, 4) is 0 Å². The molecule has 0 spiro atoms. The first kappa shape index (κ1) is 11.3. The normalized spacial score (nSPS) is 11.7. The second-order valence-corrected chi connectivity index (χ2v) is 3.51. The number of para-hydroxylation sites is 1. The summed E-state index contributed by atoms with van der Waals surface area (Å²) in [5, 5.41) is 10.1. The fourth-order valence-corrected chi connectivity index (χ4v) is 1.74. The molecule has 0 bridgehead atoms. The van der Waals surface area contributed by atoms with Gasteiger partial charge in [0, 0.05) is 22.7 Å². The van der Waals surface area contributed by atoms with E-state index in [0.717, 1.165) is 17.2 Å². The van der Waals surface area contributed by atoms with E-state index in [1.807, 2.05) is 24.3 Å². The van der Waals surface area contributed by atoms with Crippen molar-refractivity contribution in [1.82, 2.24) is 4.98 Å². The molecule has 0 fully saturated rings. The topological polar surface area (TPSA) is 62.3 Å². The number of hydrogen-bond acceptors (Lipinski definition) is 3. The second-order valence-electron chi connectivity index (χ2n) is 3.51. The van der Waals surface area contributed by atoms with Crippen LogP contribution in [0.1, 0.15) is 12.5 Å². The molecule has 0 radical (unpaired) electrons. The first-order valence-electron chi connectivity index (χ1n) is 5.36. The third-order valence-electron chi connectivity index (χ3n) is 2.50. The van der Waals surface area contributed by atoms with Gasteiger partial charge in [0.25, 0.3) is 0 Å². The molecule has 0 saturated carbocycles. The minimum absolute atomic E-state index is 0.157. The van der Waals surface area contributed by atoms with Crippen LogP contribution in [0.3, 0.4) is 0 Å². The Morgan fingerprint density at radius 1 is 1.47 bits per heavy atom. The van der Waals surface area contributed by atoms with Gasteiger partial charge in [-0.25, -0.2) is 4.79 Å². The first-order chi connectivity index (χ1) is 8.27. The molecular weight excluding hydrogens is 218 g/mol. The summed E-state index contributed by atoms with van der Waals surface area (Å²) >= 11 is 0. The number of benzene rings is 1. The number of ether oxygens (including phenoxy) is 1. The van der Waals surface area contributed by atoms with Gasteiger partial charge in [0.1, 0.15) is 5.57 Å². The SMILES string of the molecule is CCOC(=O)/C(=C\O)c1c[nH]c2ccccc12. The van der Waals surface area contributed by atoms with E-state index in [4.69, 9.17) is 4.74 Å². The highest BCUT2D eigenvalue weighted by molar-refractivity contribution is 6.19. The smallest absolute Gasteiger partial charge is 0.341 e. The molecule has 4 nitrogen and oxygen atoms in total. The van der Waals surface area contributed by atoms with E-state index < -0.39 is 5.97 Å². The Bertz CT molecular complexity index is 569. The summed E-state index contributed by atoms with van der Waals surface area (Å²) in [6, 6.07) is 7.55. The van der Waals surface area contributed by atoms with Crippen LogP contribution in [0.2, 0.25) is 0 Å². The number of esters is 1. The number of rotatable bonds is 3. The molecule has 1 heterocycles. The van der Waals surface area contributed by atoms with Gasteiger partial charge in [-0.2, -0.15) is 0 Å². The molecule has 0 aliphatic heterocycles. The number of H-pyrrole nitrogens is 1. The minimum Gasteiger partial charge on any atom is -0.515 e. The molecule has 4 heteroatoms. The molecule has 2 rings (SSSR count). The standard InChI is InChI=1S/C13H13NO3/c1-2-17-13(16)11(8-15)10-7-14-12-6-4-3-5-9(10)12/h3-8,14-15H,2H2,1H3/b11-8-. The van der Waals surface area contributed by atoms with Crippen molar-refractivity contribution < 1.29 is 14.6 Å². The molecule has 0 aliphatic carbocycles. The molecule has 0 unspecified atom stereocenters. The van der Waals surface area contributed by atoms with E-state index in [0.29, 0.717) is 5.56 Å². The average Bonchev–Trinajstić information content (AvgIpc) is 2.75. The van der Waals surface area contributed by atoms with Gasteiger partial charge in [-0.15, -0.1) is 0 Å². The van der Waals surface area contributed by atoms with Crippen LogP contribution in [0.25, 0.3) is 16.5 Å². The zero-order chi connectivity index (χ0) is 12.3. The maximum Gasteiger partial charge on any atom is 0.341 e. The fourth-order valence-electron chi connectivity index (χ4n) is 1.74. The van der Waals surface area contributed by atoms with Crippen LogP contribution in [-0.4, -0.2) is 22.7 Å². The monoisotopic (exact) mass is 231 g/mol. The Balaban J connectivity index is 2.48. The van der Waals surface area contributed by atoms with Crippen molar-refractivity contribution in [3.63, 3.8) is 0 Å². The molecule has 2 aromatic rings. The zero-order valence-corrected chi connectivity index (χ0v) is 9.43. The number of carbonyl (C=O) groups excluding carboxylic acids is 1. The fraction of sp³-hybridized carbons (Fsp3) is 0.154. The van der Waals surface area contributed by atoms with Gasteiger partial charge in [0.15, 0.2) is 0 Å². The Morgan fingerprint density at radius 2 is 2.24 bits per heavy atom. The summed E-state index contributed by atoms with van der Waals surface area (Å²) < 4.78 is 4.89. The molecule has 2 N–H and O–H groups in total. The molecule has 0 amide bonds. The Hall–Kier alpha value is -2.23. The predicted molar refractivity (Wildman–Crippen MR) is 65.5 cm³/mol. The maximum atomic E-state index is 11.7. The first-order valence-corrected chi connectivity index (χ1v) is 5.36. The Kier molecular flexibility index (Phi) is 3.14. The molecule has 0 saturated heterocycles. The van der Waals surface area contributed by atoms with Crippen LogP contribution in [-0.2, 0) is 9.53 Å². The quantitative estimate of drug-likeness (QED) is 0.485. The van der Waals surface area contributed by atoms with Gasteiger partial charge >= 0.3 is 5.97 Å². The van der Waals surface area contributed by atoms with Crippen molar-refractivity contribution in [3.05, 3.63) is 42.3 Å². The van der Waals surface area contributed by atoms with Gasteiger partial charge in [0.2, 0.25) is 0 Å². The van der Waals surface area contributed by atoms with Crippen LogP contribution >= 0.6 is 0 Å². The van der Waals surface area contributed by atoms with Crippen molar-refractivity contribution in [2.45, 2.75) is 6.92 Å². The van der Waals surface area contributed by atoms with E-state index in [1.165, 1.54) is 0 Å². The largest absolute Gasteiger partial charge is 0.515 e. The van der Waals surface area contributed by atoms with Gasteiger partial charge < -0.3 is 14.8 Å². The van der Waals surface area contributed by atoms with Crippen LogP contribution in [0.15, 0.2) is 36.7 Å². The lowest BCUT2D eigenvalue weighted by molar-refractivity contribution is -0.136. The Labute approximate surface area is 98.5 Å². The molecule has 0 atom stereocenters. The van der Waals surface area contributed by atoms with Crippen molar-refractivity contribution in [1.29, 1.82) is 0 Å². The van der Waals surface area contributed by atoms with Gasteiger partial charge in [-0.3, -0.25) is 0 Å². The van der Waals surface area contributed by atoms with E-state index in [2.05, 4.69) is 4.98 Å². The summed E-state index contributed by atoms with van der Waals surface area (Å²) in [7, 11) is 0. The van der Waals surface area contributed by atoms with Crippen LogP contribution in [0.4, 0.5) is 0 Å². The second kappa shape index (κ2) is 4.74. The van der Waals surface area contributed by atoms with Crippen molar-refractivity contribution in [2.75, 3.05) is 6.61 Å². The van der Waals surface area contributed by atoms with Gasteiger partial charge in [-0.1, -0.05) is 18.2 Å². The van der Waals surface area contributed by atoms with Crippen LogP contribution in [0, 0.1) is 0 Å².